The zero-order valence-corrected chi connectivity index (χ0v) is 34.8. The van der Waals surface area contributed by atoms with E-state index in [1.54, 1.807) is 0 Å². The van der Waals surface area contributed by atoms with Gasteiger partial charge in [-0.3, -0.25) is 0 Å². The maximum Gasteiger partial charge on any atom is 0.137 e. The average molecular weight is 794 g/mol. The fraction of sp³-hybridized carbons (Fsp3) is 0.100. The number of nitrogens with zero attached hydrogens (tertiary/aromatic N) is 1. The predicted octanol–water partition coefficient (Wildman–Crippen LogP) is 16.0. The molecule has 0 saturated carbocycles. The van der Waals surface area contributed by atoms with E-state index in [9.17, 15) is 0 Å². The maximum atomic E-state index is 6.52. The number of anilines is 3. The lowest BCUT2D eigenvalue weighted by Crippen LogP contribution is -2.24. The average Bonchev–Trinajstić information content (AvgIpc) is 4.05. The number of hydrogen-bond acceptors (Lipinski definition) is 2. The first kappa shape index (κ1) is 35.3. The van der Waals surface area contributed by atoms with E-state index in [4.69, 9.17) is 4.42 Å². The molecule has 0 aliphatic heterocycles. The van der Waals surface area contributed by atoms with Gasteiger partial charge in [-0.2, -0.15) is 0 Å². The second-order valence-corrected chi connectivity index (χ2v) is 17.9. The molecular weight excluding hydrogens is 751 g/mol. The number of furan rings is 1. The molecule has 10 aromatic rings. The molecule has 294 valence electrons. The van der Waals surface area contributed by atoms with Gasteiger partial charge in [-0.25, -0.2) is 0 Å². The first-order valence-corrected chi connectivity index (χ1v) is 22.0. The number of benzene rings is 9. The molecule has 9 aromatic carbocycles. The van der Waals surface area contributed by atoms with Crippen molar-refractivity contribution in [3.8, 4) is 44.5 Å². The minimum absolute atomic E-state index is 0.116. The molecule has 3 aliphatic rings. The van der Waals surface area contributed by atoms with Crippen molar-refractivity contribution in [2.75, 3.05) is 4.90 Å². The Labute approximate surface area is 362 Å². The van der Waals surface area contributed by atoms with Crippen LogP contribution >= 0.6 is 0 Å². The van der Waals surface area contributed by atoms with Crippen LogP contribution in [0.3, 0.4) is 0 Å². The van der Waals surface area contributed by atoms with E-state index >= 15 is 0 Å². The van der Waals surface area contributed by atoms with Gasteiger partial charge in [0.25, 0.3) is 0 Å². The largest absolute Gasteiger partial charge is 0.456 e. The molecule has 1 spiro atoms. The van der Waals surface area contributed by atoms with Crippen LogP contribution in [0, 0.1) is 0 Å². The van der Waals surface area contributed by atoms with Crippen molar-refractivity contribution >= 4 is 39.0 Å². The van der Waals surface area contributed by atoms with Crippen LogP contribution in [0.5, 0.6) is 0 Å². The molecule has 13 rings (SSSR count). The highest BCUT2D eigenvalue weighted by Gasteiger charge is 2.48. The summed E-state index contributed by atoms with van der Waals surface area (Å²) in [6, 6.07) is 74.3. The summed E-state index contributed by atoms with van der Waals surface area (Å²) >= 11 is 0. The molecule has 1 unspecified atom stereocenters. The van der Waals surface area contributed by atoms with Crippen molar-refractivity contribution < 1.29 is 4.42 Å². The van der Waals surface area contributed by atoms with Crippen molar-refractivity contribution in [1.29, 1.82) is 0 Å². The summed E-state index contributed by atoms with van der Waals surface area (Å²) in [5, 5.41) is 2.23. The van der Waals surface area contributed by atoms with E-state index < -0.39 is 0 Å². The van der Waals surface area contributed by atoms with E-state index in [1.165, 1.54) is 77.9 Å². The van der Waals surface area contributed by atoms with Crippen molar-refractivity contribution in [1.82, 2.24) is 0 Å². The number of para-hydroxylation sites is 1. The zero-order chi connectivity index (χ0) is 41.2. The topological polar surface area (TPSA) is 16.4 Å². The Hall–Kier alpha value is -7.42. The van der Waals surface area contributed by atoms with Gasteiger partial charge in [-0.15, -0.1) is 0 Å². The van der Waals surface area contributed by atoms with Crippen LogP contribution in [-0.2, 0) is 17.3 Å². The Morgan fingerprint density at radius 3 is 1.84 bits per heavy atom. The van der Waals surface area contributed by atoms with Crippen LogP contribution in [0.2, 0.25) is 0 Å². The molecule has 62 heavy (non-hydrogen) atoms. The van der Waals surface area contributed by atoms with Crippen molar-refractivity contribution in [2.24, 2.45) is 0 Å². The Balaban J connectivity index is 0.992. The van der Waals surface area contributed by atoms with Crippen molar-refractivity contribution in [3.63, 3.8) is 0 Å². The number of hydrogen-bond donors (Lipinski definition) is 0. The van der Waals surface area contributed by atoms with Crippen LogP contribution in [0.4, 0.5) is 17.1 Å². The number of rotatable bonds is 5. The summed E-state index contributed by atoms with van der Waals surface area (Å²) in [6.45, 7) is 4.75. The lowest BCUT2D eigenvalue weighted by molar-refractivity contribution is 0.626. The van der Waals surface area contributed by atoms with Crippen LogP contribution in [0.1, 0.15) is 53.6 Å². The second kappa shape index (κ2) is 13.0. The van der Waals surface area contributed by atoms with Crippen LogP contribution in [0.25, 0.3) is 66.4 Å². The third-order valence-electron chi connectivity index (χ3n) is 14.5. The van der Waals surface area contributed by atoms with Gasteiger partial charge in [-0.05, 0) is 133 Å². The Morgan fingerprint density at radius 2 is 1.02 bits per heavy atom. The van der Waals surface area contributed by atoms with Crippen molar-refractivity contribution in [2.45, 2.75) is 37.5 Å². The summed E-state index contributed by atoms with van der Waals surface area (Å²) in [7, 11) is 0. The van der Waals surface area contributed by atoms with E-state index in [0.29, 0.717) is 0 Å². The zero-order valence-electron chi connectivity index (χ0n) is 34.8. The van der Waals surface area contributed by atoms with Gasteiger partial charge in [0.1, 0.15) is 11.2 Å². The van der Waals surface area contributed by atoms with Crippen LogP contribution in [0.15, 0.2) is 205 Å². The summed E-state index contributed by atoms with van der Waals surface area (Å²) in [6.07, 6.45) is 2.13. The lowest BCUT2D eigenvalue weighted by atomic mass is 9.73. The highest BCUT2D eigenvalue weighted by molar-refractivity contribution is 6.13. The van der Waals surface area contributed by atoms with Gasteiger partial charge in [0.15, 0.2) is 0 Å². The van der Waals surface area contributed by atoms with Crippen LogP contribution in [-0.4, -0.2) is 0 Å². The lowest BCUT2D eigenvalue weighted by Gasteiger charge is -2.31. The minimum atomic E-state index is -0.195. The SMILES string of the molecule is CC1(C)c2ccccc2-c2cccc(-c3ccccc3-c3ccc(N(c4ccc5c(c4)C4(CCc6ccccc64)c4ccccc4-5)c4cccc5oc6ccccc6c45)cc3)c21. The third-order valence-corrected chi connectivity index (χ3v) is 14.5. The molecule has 1 atom stereocenters. The molecule has 0 N–H and O–H groups in total. The first-order chi connectivity index (χ1) is 30.5. The fourth-order valence-electron chi connectivity index (χ4n) is 11.9. The van der Waals surface area contributed by atoms with Crippen molar-refractivity contribution in [3.05, 3.63) is 234 Å². The fourth-order valence-corrected chi connectivity index (χ4v) is 11.9. The molecule has 2 heteroatoms. The maximum absolute atomic E-state index is 6.52. The van der Waals surface area contributed by atoms with Gasteiger partial charge in [0, 0.05) is 27.6 Å². The predicted molar refractivity (Wildman–Crippen MR) is 257 cm³/mol. The van der Waals surface area contributed by atoms with E-state index in [2.05, 4.69) is 219 Å². The molecule has 1 aromatic heterocycles. The molecule has 0 bridgehead atoms. The third kappa shape index (κ3) is 4.81. The monoisotopic (exact) mass is 793 g/mol. The summed E-state index contributed by atoms with van der Waals surface area (Å²) in [5.74, 6) is 0. The van der Waals surface area contributed by atoms with E-state index in [0.717, 1.165) is 51.8 Å². The molecular formula is C60H43NO. The number of aryl methyl sites for hydroxylation is 1. The Bertz CT molecular complexity index is 3460. The second-order valence-electron chi connectivity index (χ2n) is 17.9. The first-order valence-electron chi connectivity index (χ1n) is 22.0. The van der Waals surface area contributed by atoms with Gasteiger partial charge < -0.3 is 9.32 Å². The highest BCUT2D eigenvalue weighted by Crippen LogP contribution is 2.60. The molecule has 2 nitrogen and oxygen atoms in total. The smallest absolute Gasteiger partial charge is 0.137 e. The molecule has 3 aliphatic carbocycles. The van der Waals surface area contributed by atoms with Gasteiger partial charge in [0.2, 0.25) is 0 Å². The van der Waals surface area contributed by atoms with Crippen LogP contribution < -0.4 is 4.90 Å². The summed E-state index contributed by atoms with van der Waals surface area (Å²) in [5.41, 5.74) is 23.6. The van der Waals surface area contributed by atoms with E-state index in [-0.39, 0.29) is 10.8 Å². The quantitative estimate of drug-likeness (QED) is 0.173. The van der Waals surface area contributed by atoms with Gasteiger partial charge in [0.05, 0.1) is 11.1 Å². The van der Waals surface area contributed by atoms with Gasteiger partial charge >= 0.3 is 0 Å². The molecule has 0 saturated heterocycles. The van der Waals surface area contributed by atoms with Gasteiger partial charge in [-0.1, -0.05) is 172 Å². The molecule has 0 fully saturated rings. The minimum Gasteiger partial charge on any atom is -0.456 e. The normalized spacial score (nSPS) is 16.3. The van der Waals surface area contributed by atoms with E-state index in [1.807, 2.05) is 0 Å². The summed E-state index contributed by atoms with van der Waals surface area (Å²) in [4.78, 5) is 2.46. The Kier molecular flexibility index (Phi) is 7.43. The Morgan fingerprint density at radius 1 is 0.435 bits per heavy atom. The standard InChI is InChI=1S/C60H43NO/c1-59(2)51-24-10-6-19-45(51)48-22-13-21-47(58(48)59)43-17-5-4-16-42(43)38-29-31-40(32-30-38)61(54-26-14-28-56-57(54)49-20-8-12-27-55(49)62-56)41-33-34-46-44-18-7-11-25-52(44)60(53(46)37-41)36-35-39-15-3-9-23-50(39)60/h3-34,37H,35-36H2,1-2H3. The summed E-state index contributed by atoms with van der Waals surface area (Å²) < 4.78 is 6.52. The highest BCUT2D eigenvalue weighted by atomic mass is 16.3. The molecule has 0 amide bonds. The molecule has 1 heterocycles. The number of fused-ring (bicyclic) bond motifs is 13. The molecule has 0 radical (unpaired) electrons.